The smallest absolute Gasteiger partial charge is 0.331 e. The largest absolute Gasteiger partial charge is 0.452 e. The molecule has 6 heteroatoms. The van der Waals surface area contributed by atoms with Crippen LogP contribution in [-0.2, 0) is 14.3 Å². The van der Waals surface area contributed by atoms with E-state index in [0.717, 1.165) is 5.56 Å². The maximum absolute atomic E-state index is 11.9. The molecule has 1 amide bonds. The third kappa shape index (κ3) is 5.90. The molecule has 1 N–H and O–H groups in total. The summed E-state index contributed by atoms with van der Waals surface area (Å²) in [7, 11) is 0. The van der Waals surface area contributed by atoms with Crippen LogP contribution in [-0.4, -0.2) is 18.5 Å². The lowest BCUT2D eigenvalue weighted by Crippen LogP contribution is -2.31. The number of aryl methyl sites for hydroxylation is 2. The van der Waals surface area contributed by atoms with Crippen molar-refractivity contribution in [2.75, 3.05) is 6.61 Å². The number of furan rings is 1. The Bertz CT molecular complexity index is 794. The summed E-state index contributed by atoms with van der Waals surface area (Å²) in [5, 5.41) is 2.81. The highest BCUT2D eigenvalue weighted by atomic mass is 79.9. The van der Waals surface area contributed by atoms with Crippen molar-refractivity contribution in [3.8, 4) is 0 Å². The summed E-state index contributed by atoms with van der Waals surface area (Å²) in [5.74, 6) is -0.452. The molecule has 0 aliphatic carbocycles. The summed E-state index contributed by atoms with van der Waals surface area (Å²) in [6, 6.07) is 9.28. The van der Waals surface area contributed by atoms with Crippen LogP contribution in [0.15, 0.2) is 45.5 Å². The maximum Gasteiger partial charge on any atom is 0.331 e. The standard InChI is InChI=1S/C19H20BrNO4/c1-12-4-5-15(10-13(12)2)14(3)21-18(22)11-24-19(23)9-7-16-6-8-17(20)25-16/h4-10,14H,11H2,1-3H3,(H,21,22)/b9-7+/t14-/m1/s1. The predicted molar refractivity (Wildman–Crippen MR) is 98.9 cm³/mol. The Morgan fingerprint density at radius 3 is 2.64 bits per heavy atom. The molecular weight excluding hydrogens is 386 g/mol. The molecular formula is C19H20BrNO4. The van der Waals surface area contributed by atoms with Crippen LogP contribution in [0.4, 0.5) is 0 Å². The van der Waals surface area contributed by atoms with Gasteiger partial charge in [0, 0.05) is 6.08 Å². The first-order valence-electron chi connectivity index (χ1n) is 7.82. The van der Waals surface area contributed by atoms with Crippen molar-refractivity contribution in [1.82, 2.24) is 5.32 Å². The number of hydrogen-bond acceptors (Lipinski definition) is 4. The van der Waals surface area contributed by atoms with Gasteiger partial charge in [0.1, 0.15) is 5.76 Å². The number of esters is 1. The minimum Gasteiger partial charge on any atom is -0.452 e. The zero-order valence-electron chi connectivity index (χ0n) is 14.3. The van der Waals surface area contributed by atoms with Crippen molar-refractivity contribution in [2.45, 2.75) is 26.8 Å². The minimum absolute atomic E-state index is 0.165. The molecule has 1 heterocycles. The Kier molecular flexibility index (Phi) is 6.58. The van der Waals surface area contributed by atoms with Gasteiger partial charge in [-0.15, -0.1) is 0 Å². The summed E-state index contributed by atoms with van der Waals surface area (Å²) in [5.41, 5.74) is 3.37. The number of carbonyl (C=O) groups excluding carboxylic acids is 2. The fourth-order valence-corrected chi connectivity index (χ4v) is 2.47. The quantitative estimate of drug-likeness (QED) is 0.580. The molecule has 0 saturated heterocycles. The normalized spacial score (nSPS) is 12.2. The zero-order valence-corrected chi connectivity index (χ0v) is 15.9. The molecule has 0 saturated carbocycles. The van der Waals surface area contributed by atoms with Crippen molar-refractivity contribution in [3.05, 3.63) is 63.5 Å². The molecule has 0 aliphatic rings. The molecule has 0 radical (unpaired) electrons. The van der Waals surface area contributed by atoms with Crippen molar-refractivity contribution in [3.63, 3.8) is 0 Å². The van der Waals surface area contributed by atoms with Crippen LogP contribution >= 0.6 is 15.9 Å². The van der Waals surface area contributed by atoms with Gasteiger partial charge >= 0.3 is 5.97 Å². The lowest BCUT2D eigenvalue weighted by Gasteiger charge is -2.15. The molecule has 1 aromatic carbocycles. The fourth-order valence-electron chi connectivity index (χ4n) is 2.15. The second kappa shape index (κ2) is 8.67. The average molecular weight is 406 g/mol. The molecule has 0 fully saturated rings. The van der Waals surface area contributed by atoms with Gasteiger partial charge in [-0.1, -0.05) is 18.2 Å². The molecule has 1 atom stereocenters. The lowest BCUT2D eigenvalue weighted by atomic mass is 10.0. The van der Waals surface area contributed by atoms with Crippen LogP contribution in [0.3, 0.4) is 0 Å². The van der Waals surface area contributed by atoms with E-state index >= 15 is 0 Å². The second-order valence-electron chi connectivity index (χ2n) is 5.72. The summed E-state index contributed by atoms with van der Waals surface area (Å²) < 4.78 is 10.7. The third-order valence-electron chi connectivity index (χ3n) is 3.73. The number of carbonyl (C=O) groups is 2. The topological polar surface area (TPSA) is 68.5 Å². The summed E-state index contributed by atoms with van der Waals surface area (Å²) in [4.78, 5) is 23.5. The zero-order chi connectivity index (χ0) is 18.4. The van der Waals surface area contributed by atoms with Crippen molar-refractivity contribution < 1.29 is 18.7 Å². The molecule has 0 aliphatic heterocycles. The van der Waals surface area contributed by atoms with Gasteiger partial charge in [0.25, 0.3) is 5.91 Å². The van der Waals surface area contributed by atoms with Crippen molar-refractivity contribution in [2.24, 2.45) is 0 Å². The second-order valence-corrected chi connectivity index (χ2v) is 6.50. The highest BCUT2D eigenvalue weighted by Crippen LogP contribution is 2.17. The first-order valence-corrected chi connectivity index (χ1v) is 8.61. The first kappa shape index (κ1) is 19.0. The lowest BCUT2D eigenvalue weighted by molar-refractivity contribution is -0.144. The van der Waals surface area contributed by atoms with E-state index in [4.69, 9.17) is 9.15 Å². The molecule has 1 aromatic heterocycles. The highest BCUT2D eigenvalue weighted by Gasteiger charge is 2.11. The van der Waals surface area contributed by atoms with Gasteiger partial charge in [-0.05, 0) is 71.6 Å². The van der Waals surface area contributed by atoms with Crippen LogP contribution < -0.4 is 5.32 Å². The van der Waals surface area contributed by atoms with Gasteiger partial charge in [0.15, 0.2) is 11.3 Å². The van der Waals surface area contributed by atoms with Crippen molar-refractivity contribution in [1.29, 1.82) is 0 Å². The van der Waals surface area contributed by atoms with Crippen molar-refractivity contribution >= 4 is 33.9 Å². The van der Waals surface area contributed by atoms with Crippen LogP contribution in [0.1, 0.15) is 35.4 Å². The Hall–Kier alpha value is -2.34. The summed E-state index contributed by atoms with van der Waals surface area (Å²) >= 11 is 3.17. The Morgan fingerprint density at radius 2 is 2.00 bits per heavy atom. The van der Waals surface area contributed by atoms with E-state index in [9.17, 15) is 9.59 Å². The first-order chi connectivity index (χ1) is 11.8. The maximum atomic E-state index is 11.9. The number of ether oxygens (including phenoxy) is 1. The Labute approximate surface area is 155 Å². The van der Waals surface area contributed by atoms with E-state index in [1.165, 1.54) is 23.3 Å². The van der Waals surface area contributed by atoms with Crippen LogP contribution in [0.2, 0.25) is 0 Å². The van der Waals surface area contributed by atoms with Gasteiger partial charge in [-0.2, -0.15) is 0 Å². The van der Waals surface area contributed by atoms with E-state index in [0.29, 0.717) is 10.4 Å². The SMILES string of the molecule is Cc1ccc([C@@H](C)NC(=O)COC(=O)/C=C/c2ccc(Br)o2)cc1C. The molecule has 5 nitrogen and oxygen atoms in total. The molecule has 2 rings (SSSR count). The Morgan fingerprint density at radius 1 is 1.24 bits per heavy atom. The molecule has 0 unspecified atom stereocenters. The van der Waals surface area contributed by atoms with Crippen LogP contribution in [0, 0.1) is 13.8 Å². The number of halogens is 1. The molecule has 132 valence electrons. The Balaban J connectivity index is 1.80. The monoisotopic (exact) mass is 405 g/mol. The molecule has 25 heavy (non-hydrogen) atoms. The number of hydrogen-bond donors (Lipinski definition) is 1. The van der Waals surface area contributed by atoms with E-state index in [1.54, 1.807) is 12.1 Å². The number of benzene rings is 1. The average Bonchev–Trinajstić information content (AvgIpc) is 2.99. The third-order valence-corrected chi connectivity index (χ3v) is 4.16. The predicted octanol–water partition coefficient (Wildman–Crippen LogP) is 4.09. The van der Waals surface area contributed by atoms with E-state index in [2.05, 4.69) is 21.2 Å². The molecule has 0 spiro atoms. The van der Waals surface area contributed by atoms with Crippen LogP contribution in [0.25, 0.3) is 6.08 Å². The van der Waals surface area contributed by atoms with Gasteiger partial charge in [0.05, 0.1) is 6.04 Å². The van der Waals surface area contributed by atoms with E-state index < -0.39 is 5.97 Å². The number of nitrogens with one attached hydrogen (secondary N) is 1. The van der Waals surface area contributed by atoms with Gasteiger partial charge in [0.2, 0.25) is 0 Å². The summed E-state index contributed by atoms with van der Waals surface area (Å²) in [6.07, 6.45) is 2.69. The van der Waals surface area contributed by atoms with E-state index in [-0.39, 0.29) is 18.6 Å². The van der Waals surface area contributed by atoms with Gasteiger partial charge < -0.3 is 14.5 Å². The van der Waals surface area contributed by atoms with Gasteiger partial charge in [-0.25, -0.2) is 4.79 Å². The molecule has 0 bridgehead atoms. The van der Waals surface area contributed by atoms with Crippen LogP contribution in [0.5, 0.6) is 0 Å². The van der Waals surface area contributed by atoms with Gasteiger partial charge in [-0.3, -0.25) is 4.79 Å². The molecule has 2 aromatic rings. The number of rotatable bonds is 6. The minimum atomic E-state index is -0.610. The fraction of sp³-hybridized carbons (Fsp3) is 0.263. The van der Waals surface area contributed by atoms with E-state index in [1.807, 2.05) is 39.0 Å². The highest BCUT2D eigenvalue weighted by molar-refractivity contribution is 9.10. The summed E-state index contributed by atoms with van der Waals surface area (Å²) in [6.45, 7) is 5.62. The number of amides is 1.